The molecule has 2 amide bonds. The van der Waals surface area contributed by atoms with Gasteiger partial charge >= 0.3 is 0 Å². The average Bonchev–Trinajstić information content (AvgIpc) is 3.35. The maximum absolute atomic E-state index is 12.9. The Morgan fingerprint density at radius 3 is 2.61 bits per heavy atom. The van der Waals surface area contributed by atoms with Crippen LogP contribution in [0.4, 0.5) is 0 Å². The highest BCUT2D eigenvalue weighted by atomic mass is 35.5. The van der Waals surface area contributed by atoms with Gasteiger partial charge in [-0.3, -0.25) is 9.59 Å². The molecule has 2 heterocycles. The van der Waals surface area contributed by atoms with Crippen molar-refractivity contribution in [3.63, 3.8) is 0 Å². The Morgan fingerprint density at radius 2 is 1.89 bits per heavy atom. The number of amides is 2. The third kappa shape index (κ3) is 3.96. The van der Waals surface area contributed by atoms with Gasteiger partial charge < -0.3 is 10.2 Å². The summed E-state index contributed by atoms with van der Waals surface area (Å²) in [6.45, 7) is 0.962. The first-order chi connectivity index (χ1) is 13.6. The van der Waals surface area contributed by atoms with E-state index in [0.29, 0.717) is 18.1 Å². The Hall–Kier alpha value is -2.63. The summed E-state index contributed by atoms with van der Waals surface area (Å²) >= 11 is 7.47. The van der Waals surface area contributed by atoms with Gasteiger partial charge in [0.1, 0.15) is 0 Å². The lowest BCUT2D eigenvalue weighted by atomic mass is 10.1. The quantitative estimate of drug-likeness (QED) is 0.634. The second-order valence-corrected chi connectivity index (χ2v) is 8.14. The largest absolute Gasteiger partial charge is 0.352 e. The van der Waals surface area contributed by atoms with Crippen LogP contribution < -0.4 is 5.32 Å². The summed E-state index contributed by atoms with van der Waals surface area (Å²) < 4.78 is 0. The highest BCUT2D eigenvalue weighted by Crippen LogP contribution is 2.35. The second-order valence-electron chi connectivity index (χ2n) is 6.73. The fraction of sp³-hybridized carbons (Fsp3) is 0.182. The Kier molecular flexibility index (Phi) is 5.46. The zero-order valence-corrected chi connectivity index (χ0v) is 16.7. The van der Waals surface area contributed by atoms with Crippen LogP contribution in [0.5, 0.6) is 0 Å². The number of benzene rings is 2. The highest BCUT2D eigenvalue weighted by molar-refractivity contribution is 7.10. The van der Waals surface area contributed by atoms with Gasteiger partial charge in [0.25, 0.3) is 5.91 Å². The van der Waals surface area contributed by atoms with Crippen LogP contribution in [-0.4, -0.2) is 16.7 Å². The van der Waals surface area contributed by atoms with Crippen molar-refractivity contribution >= 4 is 34.8 Å². The normalized spacial score (nSPS) is 14.0. The van der Waals surface area contributed by atoms with Crippen molar-refractivity contribution in [3.8, 4) is 0 Å². The number of rotatable bonds is 6. The number of fused-ring (bicyclic) bond motifs is 1. The number of halogens is 1. The summed E-state index contributed by atoms with van der Waals surface area (Å²) in [5.74, 6) is -0.100. The summed E-state index contributed by atoms with van der Waals surface area (Å²) in [5.41, 5.74) is 2.72. The fourth-order valence-electron chi connectivity index (χ4n) is 3.42. The van der Waals surface area contributed by atoms with Gasteiger partial charge in [-0.25, -0.2) is 0 Å². The molecule has 0 bridgehead atoms. The van der Waals surface area contributed by atoms with E-state index in [1.165, 1.54) is 0 Å². The zero-order valence-electron chi connectivity index (χ0n) is 15.1. The number of carbonyl (C=O) groups excluding carboxylic acids is 2. The minimum absolute atomic E-state index is 0.0144. The Labute approximate surface area is 172 Å². The Morgan fingerprint density at radius 1 is 1.11 bits per heavy atom. The van der Waals surface area contributed by atoms with Gasteiger partial charge in [-0.2, -0.15) is 0 Å². The van der Waals surface area contributed by atoms with Crippen LogP contribution in [0.15, 0.2) is 66.0 Å². The van der Waals surface area contributed by atoms with Crippen molar-refractivity contribution < 1.29 is 9.59 Å². The lowest BCUT2D eigenvalue weighted by molar-refractivity contribution is -0.122. The average molecular weight is 411 g/mol. The molecule has 0 saturated heterocycles. The maximum atomic E-state index is 12.9. The molecular formula is C22H19ClN2O2S. The molecule has 0 radical (unpaired) electrons. The molecule has 6 heteroatoms. The minimum Gasteiger partial charge on any atom is -0.352 e. The van der Waals surface area contributed by atoms with Gasteiger partial charge in [-0.1, -0.05) is 48.0 Å². The van der Waals surface area contributed by atoms with Crippen LogP contribution in [-0.2, 0) is 17.9 Å². The van der Waals surface area contributed by atoms with E-state index in [1.807, 2.05) is 53.9 Å². The lowest BCUT2D eigenvalue weighted by Gasteiger charge is -2.26. The molecule has 0 aliphatic carbocycles. The smallest absolute Gasteiger partial charge is 0.255 e. The van der Waals surface area contributed by atoms with Crippen LogP contribution in [0.2, 0.25) is 5.02 Å². The Bertz CT molecular complexity index is 986. The van der Waals surface area contributed by atoms with E-state index in [-0.39, 0.29) is 24.3 Å². The molecule has 3 aromatic rings. The van der Waals surface area contributed by atoms with E-state index in [4.69, 9.17) is 11.6 Å². The molecular weight excluding hydrogens is 392 g/mol. The first kappa shape index (κ1) is 18.7. The first-order valence-electron chi connectivity index (χ1n) is 9.05. The highest BCUT2D eigenvalue weighted by Gasteiger charge is 2.34. The molecule has 1 atom stereocenters. The maximum Gasteiger partial charge on any atom is 0.255 e. The molecule has 4 nitrogen and oxygen atoms in total. The van der Waals surface area contributed by atoms with E-state index in [1.54, 1.807) is 28.4 Å². The molecule has 0 spiro atoms. The number of thiophene rings is 1. The standard InChI is InChI=1S/C22H19ClN2O2S/c23-17-9-7-15(8-10-17)13-24-21(26)12-19(20-6-3-11-28-20)25-14-16-4-1-2-5-18(16)22(25)27/h1-11,19H,12-14H2,(H,24,26)/t19-/m1/s1. The number of hydrogen-bond acceptors (Lipinski definition) is 3. The number of carbonyl (C=O) groups is 2. The number of nitrogens with one attached hydrogen (secondary N) is 1. The van der Waals surface area contributed by atoms with Gasteiger partial charge in [-0.15, -0.1) is 11.3 Å². The van der Waals surface area contributed by atoms with Crippen LogP contribution in [0.25, 0.3) is 0 Å². The van der Waals surface area contributed by atoms with Gasteiger partial charge in [0.05, 0.1) is 12.5 Å². The van der Waals surface area contributed by atoms with E-state index >= 15 is 0 Å². The van der Waals surface area contributed by atoms with E-state index in [9.17, 15) is 9.59 Å². The first-order valence-corrected chi connectivity index (χ1v) is 10.3. The molecule has 1 aromatic heterocycles. The molecule has 0 unspecified atom stereocenters. The zero-order chi connectivity index (χ0) is 19.5. The lowest BCUT2D eigenvalue weighted by Crippen LogP contribution is -2.33. The van der Waals surface area contributed by atoms with Crippen molar-refractivity contribution in [2.45, 2.75) is 25.6 Å². The summed E-state index contributed by atoms with van der Waals surface area (Å²) in [7, 11) is 0. The molecule has 0 fully saturated rings. The van der Waals surface area contributed by atoms with Gasteiger partial charge in [0.2, 0.25) is 5.91 Å². The summed E-state index contributed by atoms with van der Waals surface area (Å²) in [6.07, 6.45) is 0.230. The molecule has 1 N–H and O–H groups in total. The summed E-state index contributed by atoms with van der Waals surface area (Å²) in [6, 6.07) is 18.7. The second kappa shape index (κ2) is 8.17. The van der Waals surface area contributed by atoms with Crippen LogP contribution >= 0.6 is 22.9 Å². The van der Waals surface area contributed by atoms with Crippen molar-refractivity contribution in [3.05, 3.63) is 92.6 Å². The van der Waals surface area contributed by atoms with Gasteiger partial charge in [0, 0.05) is 28.6 Å². The van der Waals surface area contributed by atoms with Gasteiger partial charge in [-0.05, 0) is 40.8 Å². The van der Waals surface area contributed by atoms with Gasteiger partial charge in [0.15, 0.2) is 0 Å². The molecule has 1 aliphatic heterocycles. The predicted molar refractivity (Wildman–Crippen MR) is 111 cm³/mol. The van der Waals surface area contributed by atoms with E-state index < -0.39 is 0 Å². The third-order valence-electron chi connectivity index (χ3n) is 4.88. The topological polar surface area (TPSA) is 49.4 Å². The predicted octanol–water partition coefficient (Wildman–Crippen LogP) is 4.81. The monoisotopic (exact) mass is 410 g/mol. The van der Waals surface area contributed by atoms with Crippen LogP contribution in [0, 0.1) is 0 Å². The van der Waals surface area contributed by atoms with Crippen molar-refractivity contribution in [1.82, 2.24) is 10.2 Å². The third-order valence-corrected chi connectivity index (χ3v) is 6.10. The number of nitrogens with zero attached hydrogens (tertiary/aromatic N) is 1. The van der Waals surface area contributed by atoms with E-state index in [0.717, 1.165) is 21.6 Å². The molecule has 142 valence electrons. The van der Waals surface area contributed by atoms with E-state index in [2.05, 4.69) is 5.32 Å². The SMILES string of the molecule is O=C(C[C@H](c1cccs1)N1Cc2ccccc2C1=O)NCc1ccc(Cl)cc1. The fourth-order valence-corrected chi connectivity index (χ4v) is 4.39. The molecule has 0 saturated carbocycles. The van der Waals surface area contributed by atoms with Crippen LogP contribution in [0.1, 0.15) is 38.8 Å². The molecule has 4 rings (SSSR count). The molecule has 28 heavy (non-hydrogen) atoms. The molecule has 2 aromatic carbocycles. The van der Waals surface area contributed by atoms with Crippen molar-refractivity contribution in [2.24, 2.45) is 0 Å². The minimum atomic E-state index is -0.273. The number of hydrogen-bond donors (Lipinski definition) is 1. The Balaban J connectivity index is 1.48. The summed E-state index contributed by atoms with van der Waals surface area (Å²) in [4.78, 5) is 28.4. The molecule has 1 aliphatic rings. The van der Waals surface area contributed by atoms with Crippen molar-refractivity contribution in [2.75, 3.05) is 0 Å². The van der Waals surface area contributed by atoms with Crippen LogP contribution in [0.3, 0.4) is 0 Å². The van der Waals surface area contributed by atoms with Crippen molar-refractivity contribution in [1.29, 1.82) is 0 Å². The summed E-state index contributed by atoms with van der Waals surface area (Å²) in [5, 5.41) is 5.60.